The highest BCUT2D eigenvalue weighted by atomic mass is 32.3. The summed E-state index contributed by atoms with van der Waals surface area (Å²) in [4.78, 5) is 0. The van der Waals surface area contributed by atoms with Crippen molar-refractivity contribution >= 4 is 50.6 Å². The van der Waals surface area contributed by atoms with Gasteiger partial charge in [-0.2, -0.15) is 26.3 Å². The molecule has 0 saturated heterocycles. The molecular weight excluding hydrogens is 500 g/mol. The monoisotopic (exact) mass is 519 g/mol. The Hall–Kier alpha value is -0.600. The second kappa shape index (κ2) is 9.69. The van der Waals surface area contributed by atoms with E-state index in [1.165, 1.54) is 18.0 Å². The third kappa shape index (κ3) is 8.58. The van der Waals surface area contributed by atoms with Crippen LogP contribution >= 0.6 is 0 Å². The Morgan fingerprint density at radius 3 is 1.10 bits per heavy atom. The van der Waals surface area contributed by atoms with E-state index in [1.807, 2.05) is 0 Å². The Morgan fingerprint density at radius 1 is 0.621 bits per heavy atom. The molecule has 19 heteroatoms. The Balaban J connectivity index is 6.48. The standard InChI is InChI=1S/C10H19F6N3O6S4/c1-3-5-7-26(20,18-28(22,23)9(11,12)13)17-27(21,8-6-4-2)19-29(24,25)10(14,15)16/h7-8H,3-6H2,1-2H3,(H3,17,18,19,20,21). The van der Waals surface area contributed by atoms with Crippen molar-refractivity contribution in [1.29, 1.82) is 0 Å². The van der Waals surface area contributed by atoms with Gasteiger partial charge >= 0.3 is 31.1 Å². The summed E-state index contributed by atoms with van der Waals surface area (Å²) in [5.41, 5.74) is -11.9. The summed E-state index contributed by atoms with van der Waals surface area (Å²) in [6, 6.07) is 0. The quantitative estimate of drug-likeness (QED) is 0.290. The van der Waals surface area contributed by atoms with Gasteiger partial charge in [0.1, 0.15) is 19.8 Å². The maximum atomic E-state index is 12.6. The van der Waals surface area contributed by atoms with Crippen LogP contribution in [-0.2, 0) is 39.8 Å². The van der Waals surface area contributed by atoms with Crippen molar-refractivity contribution in [2.45, 2.75) is 50.5 Å². The van der Waals surface area contributed by atoms with Crippen LogP contribution in [0.5, 0.6) is 0 Å². The molecule has 0 spiro atoms. The van der Waals surface area contributed by atoms with E-state index in [4.69, 9.17) is 0 Å². The average molecular weight is 520 g/mol. The van der Waals surface area contributed by atoms with Crippen LogP contribution in [0.3, 0.4) is 0 Å². The van der Waals surface area contributed by atoms with Gasteiger partial charge in [-0.15, -0.1) is 12.4 Å². The fourth-order valence-corrected chi connectivity index (χ4v) is 9.29. The maximum absolute atomic E-state index is 12.6. The molecule has 3 N–H and O–H groups in total. The molecule has 0 aromatic carbocycles. The lowest BCUT2D eigenvalue weighted by molar-refractivity contribution is -0.0446. The van der Waals surface area contributed by atoms with Crippen LogP contribution in [0.1, 0.15) is 39.5 Å². The zero-order chi connectivity index (χ0) is 23.4. The van der Waals surface area contributed by atoms with Crippen LogP contribution < -0.4 is 12.4 Å². The lowest BCUT2D eigenvalue weighted by atomic mass is 10.4. The number of rotatable bonds is 10. The molecule has 0 bridgehead atoms. The first-order valence-electron chi connectivity index (χ1n) is 7.47. The number of sulfonamides is 2. The van der Waals surface area contributed by atoms with E-state index < -0.39 is 50.9 Å². The van der Waals surface area contributed by atoms with E-state index in [-0.39, 0.29) is 25.7 Å². The lowest BCUT2D eigenvalue weighted by Crippen LogP contribution is -2.53. The van der Waals surface area contributed by atoms with Crippen molar-refractivity contribution < 1.29 is 51.6 Å². The molecule has 29 heavy (non-hydrogen) atoms. The predicted molar refractivity (Wildman–Crippen MR) is 97.6 cm³/mol. The molecule has 0 heterocycles. The highest BCUT2D eigenvalue weighted by Crippen LogP contribution is 2.23. The highest BCUT2D eigenvalue weighted by molar-refractivity contribution is 8.19. The van der Waals surface area contributed by atoms with Crippen LogP contribution in [0.15, 0.2) is 0 Å². The number of nitrogens with one attached hydrogen (secondary N) is 3. The van der Waals surface area contributed by atoms with Crippen LogP contribution in [0.25, 0.3) is 0 Å². The Morgan fingerprint density at radius 2 is 0.897 bits per heavy atom. The molecule has 0 aliphatic carbocycles. The van der Waals surface area contributed by atoms with Crippen LogP contribution in [-0.4, -0.2) is 47.0 Å². The molecule has 0 aromatic rings. The molecule has 0 aliphatic heterocycles. The van der Waals surface area contributed by atoms with Crippen molar-refractivity contribution in [3.05, 3.63) is 0 Å². The Kier molecular flexibility index (Phi) is 9.49. The minimum Gasteiger partial charge on any atom is -0.235 e. The number of halogens is 6. The molecule has 2 atom stereocenters. The first kappa shape index (κ1) is 28.4. The second-order valence-corrected chi connectivity index (χ2v) is 13.3. The molecule has 176 valence electrons. The lowest BCUT2D eigenvalue weighted by Gasteiger charge is -2.21. The van der Waals surface area contributed by atoms with Gasteiger partial charge in [-0.25, -0.2) is 25.3 Å². The second-order valence-electron chi connectivity index (χ2n) is 5.26. The largest absolute Gasteiger partial charge is 0.512 e. The maximum Gasteiger partial charge on any atom is 0.512 e. The van der Waals surface area contributed by atoms with Gasteiger partial charge in [0, 0.05) is 0 Å². The third-order valence-corrected chi connectivity index (χ3v) is 11.0. The zero-order valence-corrected chi connectivity index (χ0v) is 18.1. The van der Waals surface area contributed by atoms with Gasteiger partial charge in [-0.3, -0.25) is 0 Å². The van der Waals surface area contributed by atoms with Gasteiger partial charge < -0.3 is 0 Å². The highest BCUT2D eigenvalue weighted by Gasteiger charge is 2.49. The molecule has 0 aliphatic rings. The van der Waals surface area contributed by atoms with Crippen LogP contribution in [0, 0.1) is 0 Å². The van der Waals surface area contributed by atoms with Crippen molar-refractivity contribution in [2.75, 3.05) is 0 Å². The third-order valence-electron chi connectivity index (χ3n) is 2.61. The molecule has 0 saturated carbocycles. The van der Waals surface area contributed by atoms with E-state index >= 15 is 0 Å². The molecule has 0 amide bonds. The first-order chi connectivity index (χ1) is 12.7. The topological polar surface area (TPSA) is 139 Å². The summed E-state index contributed by atoms with van der Waals surface area (Å²) in [5, 5.41) is 0.829. The normalized spacial score (nSPS) is 17.9. The summed E-state index contributed by atoms with van der Waals surface area (Å²) in [5.74, 6) is 0. The van der Waals surface area contributed by atoms with Gasteiger partial charge in [0.25, 0.3) is 0 Å². The number of unbranched alkanes of at least 4 members (excludes halogenated alkanes) is 2. The van der Waals surface area contributed by atoms with E-state index in [2.05, 4.69) is 0 Å². The molecule has 0 fully saturated rings. The van der Waals surface area contributed by atoms with E-state index in [9.17, 15) is 51.6 Å². The van der Waals surface area contributed by atoms with Crippen molar-refractivity contribution in [3.63, 3.8) is 0 Å². The van der Waals surface area contributed by atoms with E-state index in [0.29, 0.717) is 19.0 Å². The van der Waals surface area contributed by atoms with Gasteiger partial charge in [0.05, 0.1) is 0 Å². The summed E-state index contributed by atoms with van der Waals surface area (Å²) >= 11 is 0. The molecular formula is C10H19F6N3O6S4. The molecule has 2 unspecified atom stereocenters. The molecule has 9 nitrogen and oxygen atoms in total. The smallest absolute Gasteiger partial charge is 0.235 e. The fraction of sp³-hybridized carbons (Fsp3) is 0.800. The van der Waals surface area contributed by atoms with Crippen LogP contribution in [0.2, 0.25) is 0 Å². The Bertz CT molecular complexity index is 933. The first-order valence-corrected chi connectivity index (χ1v) is 13.7. The SMILES string of the molecule is CCCC=S(=O)(NS(=O)(=O)C(F)(F)F)NS(=O)(=CCCC)NS(=O)(=O)C(F)(F)F. The number of hydrogen-bond donors (Lipinski definition) is 3. The number of hydrogen-bond acceptors (Lipinski definition) is 6. The molecule has 0 radical (unpaired) electrons. The predicted octanol–water partition coefficient (Wildman–Crippen LogP) is 0.888. The van der Waals surface area contributed by atoms with Gasteiger partial charge in [0.2, 0.25) is 0 Å². The fourth-order valence-electron chi connectivity index (χ4n) is 1.34. The van der Waals surface area contributed by atoms with Crippen molar-refractivity contribution in [1.82, 2.24) is 12.4 Å². The van der Waals surface area contributed by atoms with E-state index in [1.54, 1.807) is 0 Å². The summed E-state index contributed by atoms with van der Waals surface area (Å²) in [7, 11) is -22.3. The average Bonchev–Trinajstić information content (AvgIpc) is 2.47. The molecule has 0 aromatic heterocycles. The van der Waals surface area contributed by atoms with Gasteiger partial charge in [0.15, 0.2) is 0 Å². The minimum atomic E-state index is -6.31. The van der Waals surface area contributed by atoms with Gasteiger partial charge in [-0.1, -0.05) is 26.7 Å². The zero-order valence-electron chi connectivity index (χ0n) is 14.8. The van der Waals surface area contributed by atoms with Gasteiger partial charge in [-0.05, 0) is 23.6 Å². The summed E-state index contributed by atoms with van der Waals surface area (Å²) in [6.45, 7) is 2.86. The van der Waals surface area contributed by atoms with Crippen molar-refractivity contribution in [3.8, 4) is 0 Å². The molecule has 0 rings (SSSR count). The summed E-state index contributed by atoms with van der Waals surface area (Å²) < 4.78 is 149. The summed E-state index contributed by atoms with van der Waals surface area (Å²) in [6.07, 6.45) is -0.468. The minimum absolute atomic E-state index is 0.0978. The van der Waals surface area contributed by atoms with Crippen molar-refractivity contribution in [2.24, 2.45) is 0 Å². The van der Waals surface area contributed by atoms with E-state index in [0.717, 1.165) is 0 Å². The van der Waals surface area contributed by atoms with Crippen LogP contribution in [0.4, 0.5) is 26.3 Å². The number of alkyl halides is 6. The Labute approximate surface area is 165 Å².